The van der Waals surface area contributed by atoms with Crippen LogP contribution >= 0.6 is 0 Å². The van der Waals surface area contributed by atoms with Crippen LogP contribution < -0.4 is 4.31 Å². The molecule has 0 spiro atoms. The standard InChI is InChI=1S/C20H22FNO3S/c1-14(2)19-12-17(22(3)26(4,24)25)13-20(18(19)6-5-11-23)15-7-9-16(21)10-8-15/h5-14H,1-4H3/b6-5+. The zero-order valence-electron chi connectivity index (χ0n) is 15.2. The SMILES string of the molecule is CC(C)c1cc(N(C)S(C)(=O)=O)cc(-c2ccc(F)cc2)c1/C=C/C=O. The molecule has 0 fully saturated rings. The first-order valence-electron chi connectivity index (χ1n) is 8.14. The molecule has 0 unspecified atom stereocenters. The number of hydrogen-bond donors (Lipinski definition) is 0. The summed E-state index contributed by atoms with van der Waals surface area (Å²) in [5.41, 5.74) is 3.70. The average molecular weight is 375 g/mol. The molecule has 2 rings (SSSR count). The van der Waals surface area contributed by atoms with Gasteiger partial charge >= 0.3 is 0 Å². The first-order chi connectivity index (χ1) is 12.1. The molecule has 0 radical (unpaired) electrons. The molecule has 4 nitrogen and oxygen atoms in total. The molecule has 26 heavy (non-hydrogen) atoms. The van der Waals surface area contributed by atoms with Gasteiger partial charge in [0.2, 0.25) is 10.0 Å². The average Bonchev–Trinajstić information content (AvgIpc) is 2.58. The maximum atomic E-state index is 13.3. The quantitative estimate of drug-likeness (QED) is 0.561. The van der Waals surface area contributed by atoms with Crippen LogP contribution in [0.5, 0.6) is 0 Å². The van der Waals surface area contributed by atoms with Crippen LogP contribution in [-0.2, 0) is 14.8 Å². The fraction of sp³-hybridized carbons (Fsp3) is 0.250. The Morgan fingerprint density at radius 1 is 1.12 bits per heavy atom. The van der Waals surface area contributed by atoms with Gasteiger partial charge < -0.3 is 0 Å². The van der Waals surface area contributed by atoms with E-state index in [1.54, 1.807) is 24.3 Å². The Labute approximate surface area is 154 Å². The maximum Gasteiger partial charge on any atom is 0.231 e. The summed E-state index contributed by atoms with van der Waals surface area (Å²) >= 11 is 0. The van der Waals surface area contributed by atoms with Gasteiger partial charge in [0, 0.05) is 7.05 Å². The second-order valence-electron chi connectivity index (χ2n) is 6.38. The lowest BCUT2D eigenvalue weighted by Gasteiger charge is -2.23. The van der Waals surface area contributed by atoms with Crippen LogP contribution in [0.25, 0.3) is 17.2 Å². The summed E-state index contributed by atoms with van der Waals surface area (Å²) in [6.45, 7) is 3.98. The number of nitrogens with zero attached hydrogens (tertiary/aromatic N) is 1. The molecular weight excluding hydrogens is 353 g/mol. The van der Waals surface area contributed by atoms with E-state index in [9.17, 15) is 17.6 Å². The van der Waals surface area contributed by atoms with Crippen molar-refractivity contribution in [2.24, 2.45) is 0 Å². The van der Waals surface area contributed by atoms with Crippen LogP contribution in [0.4, 0.5) is 10.1 Å². The molecule has 0 aromatic heterocycles. The highest BCUT2D eigenvalue weighted by molar-refractivity contribution is 7.92. The highest BCUT2D eigenvalue weighted by Crippen LogP contribution is 2.36. The lowest BCUT2D eigenvalue weighted by atomic mass is 9.89. The van der Waals surface area contributed by atoms with Gasteiger partial charge in [-0.25, -0.2) is 12.8 Å². The number of hydrogen-bond acceptors (Lipinski definition) is 3. The van der Waals surface area contributed by atoms with E-state index in [-0.39, 0.29) is 11.7 Å². The van der Waals surface area contributed by atoms with Crippen LogP contribution in [-0.4, -0.2) is 28.0 Å². The topological polar surface area (TPSA) is 54.5 Å². The molecule has 0 amide bonds. The molecule has 0 aliphatic heterocycles. The fourth-order valence-corrected chi connectivity index (χ4v) is 3.19. The number of carbonyl (C=O) groups is 1. The lowest BCUT2D eigenvalue weighted by molar-refractivity contribution is -0.104. The summed E-state index contributed by atoms with van der Waals surface area (Å²) in [7, 11) is -1.94. The minimum atomic E-state index is -3.43. The van der Waals surface area contributed by atoms with E-state index in [4.69, 9.17) is 0 Å². The number of carbonyl (C=O) groups excluding carboxylic acids is 1. The smallest absolute Gasteiger partial charge is 0.231 e. The van der Waals surface area contributed by atoms with Crippen LogP contribution in [0, 0.1) is 5.82 Å². The van der Waals surface area contributed by atoms with Gasteiger partial charge in [-0.05, 0) is 58.5 Å². The third-order valence-electron chi connectivity index (χ3n) is 4.18. The minimum absolute atomic E-state index is 0.0911. The number of anilines is 1. The van der Waals surface area contributed by atoms with Crippen LogP contribution in [0.2, 0.25) is 0 Å². The van der Waals surface area contributed by atoms with Crippen molar-refractivity contribution in [3.63, 3.8) is 0 Å². The number of benzene rings is 2. The summed E-state index contributed by atoms with van der Waals surface area (Å²) in [6, 6.07) is 9.53. The predicted molar refractivity (Wildman–Crippen MR) is 104 cm³/mol. The van der Waals surface area contributed by atoms with Crippen molar-refractivity contribution in [1.82, 2.24) is 0 Å². The Bertz CT molecular complexity index is 932. The van der Waals surface area contributed by atoms with E-state index >= 15 is 0 Å². The van der Waals surface area contributed by atoms with Gasteiger partial charge in [-0.15, -0.1) is 0 Å². The molecule has 0 N–H and O–H groups in total. The predicted octanol–water partition coefficient (Wildman–Crippen LogP) is 4.22. The van der Waals surface area contributed by atoms with Gasteiger partial charge in [0.25, 0.3) is 0 Å². The number of sulfonamides is 1. The van der Waals surface area contributed by atoms with Crippen LogP contribution in [0.3, 0.4) is 0 Å². The number of rotatable bonds is 6. The minimum Gasteiger partial charge on any atom is -0.299 e. The summed E-state index contributed by atoms with van der Waals surface area (Å²) in [6.07, 6.45) is 4.92. The van der Waals surface area contributed by atoms with Crippen molar-refractivity contribution in [3.8, 4) is 11.1 Å². The Kier molecular flexibility index (Phi) is 5.97. The molecule has 0 atom stereocenters. The number of aldehydes is 1. The molecule has 0 bridgehead atoms. The summed E-state index contributed by atoms with van der Waals surface area (Å²) in [4.78, 5) is 10.8. The molecule has 0 saturated carbocycles. The zero-order chi connectivity index (χ0) is 19.5. The van der Waals surface area contributed by atoms with Crippen LogP contribution in [0.1, 0.15) is 30.9 Å². The van der Waals surface area contributed by atoms with Crippen molar-refractivity contribution in [2.75, 3.05) is 17.6 Å². The highest BCUT2D eigenvalue weighted by atomic mass is 32.2. The molecule has 0 aliphatic rings. The van der Waals surface area contributed by atoms with Gasteiger partial charge in [-0.1, -0.05) is 32.1 Å². The van der Waals surface area contributed by atoms with E-state index in [2.05, 4.69) is 0 Å². The lowest BCUT2D eigenvalue weighted by Crippen LogP contribution is -2.25. The van der Waals surface area contributed by atoms with E-state index in [1.807, 2.05) is 19.9 Å². The van der Waals surface area contributed by atoms with Crippen molar-refractivity contribution in [2.45, 2.75) is 19.8 Å². The number of allylic oxidation sites excluding steroid dienone is 1. The molecule has 0 saturated heterocycles. The van der Waals surface area contributed by atoms with E-state index in [0.717, 1.165) is 28.5 Å². The summed E-state index contributed by atoms with van der Waals surface area (Å²) < 4.78 is 38.5. The molecule has 6 heteroatoms. The summed E-state index contributed by atoms with van der Waals surface area (Å²) in [5, 5.41) is 0. The normalized spacial score (nSPS) is 11.9. The number of halogens is 1. The molecular formula is C20H22FNO3S. The van der Waals surface area contributed by atoms with E-state index in [1.165, 1.54) is 29.6 Å². The first-order valence-corrected chi connectivity index (χ1v) is 9.99. The summed E-state index contributed by atoms with van der Waals surface area (Å²) in [5.74, 6) is -0.263. The zero-order valence-corrected chi connectivity index (χ0v) is 16.0. The fourth-order valence-electron chi connectivity index (χ4n) is 2.70. The molecule has 0 aliphatic carbocycles. The third-order valence-corrected chi connectivity index (χ3v) is 5.38. The van der Waals surface area contributed by atoms with Gasteiger partial charge in [0.1, 0.15) is 12.1 Å². The van der Waals surface area contributed by atoms with Crippen LogP contribution in [0.15, 0.2) is 42.5 Å². The maximum absolute atomic E-state index is 13.3. The Morgan fingerprint density at radius 2 is 1.73 bits per heavy atom. The largest absolute Gasteiger partial charge is 0.299 e. The van der Waals surface area contributed by atoms with E-state index in [0.29, 0.717) is 12.0 Å². The van der Waals surface area contributed by atoms with Gasteiger partial charge in [-0.3, -0.25) is 9.10 Å². The highest BCUT2D eigenvalue weighted by Gasteiger charge is 2.18. The van der Waals surface area contributed by atoms with Crippen molar-refractivity contribution in [3.05, 3.63) is 59.4 Å². The van der Waals surface area contributed by atoms with Gasteiger partial charge in [0.05, 0.1) is 11.9 Å². The third kappa shape index (κ3) is 4.38. The second-order valence-corrected chi connectivity index (χ2v) is 8.40. The Balaban J connectivity index is 2.83. The second kappa shape index (κ2) is 7.83. The molecule has 0 heterocycles. The van der Waals surface area contributed by atoms with Gasteiger partial charge in [-0.2, -0.15) is 0 Å². The van der Waals surface area contributed by atoms with Crippen molar-refractivity contribution in [1.29, 1.82) is 0 Å². The van der Waals surface area contributed by atoms with Gasteiger partial charge in [0.15, 0.2) is 0 Å². The molecule has 138 valence electrons. The van der Waals surface area contributed by atoms with Crippen molar-refractivity contribution < 1.29 is 17.6 Å². The monoisotopic (exact) mass is 375 g/mol. The van der Waals surface area contributed by atoms with E-state index < -0.39 is 10.0 Å². The molecule has 2 aromatic rings. The Hall–Kier alpha value is -2.47. The Morgan fingerprint density at radius 3 is 2.23 bits per heavy atom. The van der Waals surface area contributed by atoms with Crippen molar-refractivity contribution >= 4 is 28.1 Å². The first kappa shape index (κ1) is 19.8. The molecule has 2 aromatic carbocycles.